The van der Waals surface area contributed by atoms with E-state index in [1.807, 2.05) is 13.8 Å². The van der Waals surface area contributed by atoms with E-state index < -0.39 is 0 Å². The molecule has 1 fully saturated rings. The van der Waals surface area contributed by atoms with Gasteiger partial charge in [-0.25, -0.2) is 0 Å². The van der Waals surface area contributed by atoms with Gasteiger partial charge < -0.3 is 9.47 Å². The summed E-state index contributed by atoms with van der Waals surface area (Å²) in [5.74, 6) is -0.376. The van der Waals surface area contributed by atoms with Crippen LogP contribution in [0.4, 0.5) is 0 Å². The number of ether oxygens (including phenoxy) is 2. The molecule has 1 aliphatic heterocycles. The van der Waals surface area contributed by atoms with Gasteiger partial charge in [0.2, 0.25) is 0 Å². The maximum absolute atomic E-state index is 5.51. The molecular formula is C8H14O2. The van der Waals surface area contributed by atoms with Crippen LogP contribution in [0.1, 0.15) is 26.7 Å². The van der Waals surface area contributed by atoms with Gasteiger partial charge in [-0.2, -0.15) is 0 Å². The minimum Gasteiger partial charge on any atom is -0.347 e. The fraction of sp³-hybridized carbons (Fsp3) is 0.875. The molecule has 10 heavy (non-hydrogen) atoms. The van der Waals surface area contributed by atoms with Gasteiger partial charge in [-0.1, -0.05) is 13.8 Å². The largest absolute Gasteiger partial charge is 0.347 e. The summed E-state index contributed by atoms with van der Waals surface area (Å²) >= 11 is 0. The molecule has 58 valence electrons. The summed E-state index contributed by atoms with van der Waals surface area (Å²) < 4.78 is 10.8. The van der Waals surface area contributed by atoms with Crippen molar-refractivity contribution in [2.24, 2.45) is 0 Å². The Morgan fingerprint density at radius 3 is 2.30 bits per heavy atom. The van der Waals surface area contributed by atoms with Crippen molar-refractivity contribution < 1.29 is 9.47 Å². The molecule has 1 aliphatic rings. The van der Waals surface area contributed by atoms with Crippen LogP contribution in [0, 0.1) is 6.92 Å². The van der Waals surface area contributed by atoms with Crippen LogP contribution in [0.25, 0.3) is 0 Å². The molecule has 1 atom stereocenters. The molecule has 2 heteroatoms. The zero-order chi connectivity index (χ0) is 7.61. The van der Waals surface area contributed by atoms with Crippen LogP contribution in [0.5, 0.6) is 0 Å². The van der Waals surface area contributed by atoms with Crippen molar-refractivity contribution in [3.8, 4) is 0 Å². The monoisotopic (exact) mass is 142 g/mol. The molecule has 1 rings (SSSR count). The normalized spacial score (nSPS) is 30.9. The van der Waals surface area contributed by atoms with Gasteiger partial charge in [-0.05, 0) is 19.8 Å². The van der Waals surface area contributed by atoms with E-state index in [2.05, 4.69) is 0 Å². The average molecular weight is 142 g/mol. The van der Waals surface area contributed by atoms with Gasteiger partial charge in [-0.15, -0.1) is 0 Å². The molecule has 2 nitrogen and oxygen atoms in total. The summed E-state index contributed by atoms with van der Waals surface area (Å²) in [5, 5.41) is 0. The second-order valence-corrected chi connectivity index (χ2v) is 2.59. The van der Waals surface area contributed by atoms with Crippen molar-refractivity contribution >= 4 is 0 Å². The molecule has 0 saturated carbocycles. The van der Waals surface area contributed by atoms with Crippen molar-refractivity contribution in [2.75, 3.05) is 6.61 Å². The van der Waals surface area contributed by atoms with E-state index in [9.17, 15) is 0 Å². The van der Waals surface area contributed by atoms with Gasteiger partial charge >= 0.3 is 0 Å². The van der Waals surface area contributed by atoms with Crippen molar-refractivity contribution in [1.82, 2.24) is 0 Å². The van der Waals surface area contributed by atoms with Crippen LogP contribution in [0.3, 0.4) is 0 Å². The van der Waals surface area contributed by atoms with Crippen LogP contribution in [0.15, 0.2) is 0 Å². The van der Waals surface area contributed by atoms with Crippen LogP contribution in [-0.4, -0.2) is 18.5 Å². The zero-order valence-electron chi connectivity index (χ0n) is 6.59. The molecule has 0 spiro atoms. The average Bonchev–Trinajstić information content (AvgIpc) is 2.33. The lowest BCUT2D eigenvalue weighted by atomic mass is 10.1. The molecule has 2 radical (unpaired) electrons. The van der Waals surface area contributed by atoms with Gasteiger partial charge in [0.1, 0.15) is 0 Å². The lowest BCUT2D eigenvalue weighted by Gasteiger charge is -2.24. The summed E-state index contributed by atoms with van der Waals surface area (Å²) in [5.41, 5.74) is 0. The number of rotatable bonds is 2. The highest BCUT2D eigenvalue weighted by atomic mass is 16.7. The smallest absolute Gasteiger partial charge is 0.168 e. The third-order valence-electron chi connectivity index (χ3n) is 1.95. The van der Waals surface area contributed by atoms with Crippen molar-refractivity contribution in [1.29, 1.82) is 0 Å². The first-order valence-corrected chi connectivity index (χ1v) is 3.80. The van der Waals surface area contributed by atoms with E-state index in [1.54, 1.807) is 0 Å². The standard InChI is InChI=1S/C8H14O2/c1-4-8(5-2)9-6-7(3)10-8/h3,7H,4-6H2,1-2H3. The van der Waals surface area contributed by atoms with Crippen LogP contribution < -0.4 is 0 Å². The lowest BCUT2D eigenvalue weighted by molar-refractivity contribution is -0.167. The van der Waals surface area contributed by atoms with E-state index in [0.29, 0.717) is 6.61 Å². The van der Waals surface area contributed by atoms with Crippen molar-refractivity contribution in [3.05, 3.63) is 6.92 Å². The lowest BCUT2D eigenvalue weighted by Crippen LogP contribution is -2.28. The quantitative estimate of drug-likeness (QED) is 0.583. The maximum atomic E-state index is 5.51. The molecule has 0 N–H and O–H groups in total. The molecule has 0 aromatic rings. The summed E-state index contributed by atoms with van der Waals surface area (Å²) in [6.07, 6.45) is 1.52. The molecular weight excluding hydrogens is 128 g/mol. The summed E-state index contributed by atoms with van der Waals surface area (Å²) in [6, 6.07) is 0. The van der Waals surface area contributed by atoms with E-state index in [0.717, 1.165) is 12.8 Å². The van der Waals surface area contributed by atoms with Crippen molar-refractivity contribution in [2.45, 2.75) is 38.6 Å². The predicted molar refractivity (Wildman–Crippen MR) is 38.4 cm³/mol. The topological polar surface area (TPSA) is 18.5 Å². The summed E-state index contributed by atoms with van der Waals surface area (Å²) in [4.78, 5) is 0. The summed E-state index contributed by atoms with van der Waals surface area (Å²) in [7, 11) is 0. The minimum atomic E-state index is -0.376. The Morgan fingerprint density at radius 2 is 2.10 bits per heavy atom. The second-order valence-electron chi connectivity index (χ2n) is 2.59. The van der Waals surface area contributed by atoms with Gasteiger partial charge in [0.15, 0.2) is 5.79 Å². The van der Waals surface area contributed by atoms with E-state index in [-0.39, 0.29) is 11.9 Å². The molecule has 1 saturated heterocycles. The first-order chi connectivity index (χ1) is 4.72. The number of hydrogen-bond donors (Lipinski definition) is 0. The molecule has 0 bridgehead atoms. The highest BCUT2D eigenvalue weighted by Gasteiger charge is 2.36. The Kier molecular flexibility index (Phi) is 2.32. The van der Waals surface area contributed by atoms with Crippen molar-refractivity contribution in [3.63, 3.8) is 0 Å². The Bertz CT molecular complexity index is 108. The molecule has 0 aromatic carbocycles. The second kappa shape index (κ2) is 2.89. The summed E-state index contributed by atoms with van der Waals surface area (Å²) in [6.45, 7) is 10.1. The predicted octanol–water partition coefficient (Wildman–Crippen LogP) is 1.63. The van der Waals surface area contributed by atoms with Crippen LogP contribution in [-0.2, 0) is 9.47 Å². The Labute approximate surface area is 62.5 Å². The SMILES string of the molecule is [CH]C1COC(CC)(CC)O1. The first-order valence-electron chi connectivity index (χ1n) is 3.80. The van der Waals surface area contributed by atoms with Gasteiger partial charge in [0, 0.05) is 0 Å². The molecule has 0 aromatic heterocycles. The fourth-order valence-electron chi connectivity index (χ4n) is 1.20. The zero-order valence-corrected chi connectivity index (χ0v) is 6.59. The minimum absolute atomic E-state index is 0.222. The van der Waals surface area contributed by atoms with E-state index in [1.165, 1.54) is 0 Å². The van der Waals surface area contributed by atoms with Crippen LogP contribution >= 0.6 is 0 Å². The van der Waals surface area contributed by atoms with E-state index >= 15 is 0 Å². The molecule has 0 aliphatic carbocycles. The Balaban J connectivity index is 2.51. The highest BCUT2D eigenvalue weighted by Crippen LogP contribution is 2.29. The number of hydrogen-bond acceptors (Lipinski definition) is 2. The van der Waals surface area contributed by atoms with Gasteiger partial charge in [-0.3, -0.25) is 0 Å². The van der Waals surface area contributed by atoms with E-state index in [4.69, 9.17) is 16.4 Å². The Morgan fingerprint density at radius 1 is 1.50 bits per heavy atom. The third kappa shape index (κ3) is 1.32. The van der Waals surface area contributed by atoms with Gasteiger partial charge in [0.25, 0.3) is 0 Å². The van der Waals surface area contributed by atoms with Crippen LogP contribution in [0.2, 0.25) is 0 Å². The molecule has 1 unspecified atom stereocenters. The molecule has 1 heterocycles. The van der Waals surface area contributed by atoms with Gasteiger partial charge in [0.05, 0.1) is 12.7 Å². The third-order valence-corrected chi connectivity index (χ3v) is 1.95. The molecule has 0 amide bonds. The first kappa shape index (κ1) is 8.02. The Hall–Kier alpha value is -0.0800. The fourth-order valence-corrected chi connectivity index (χ4v) is 1.20. The maximum Gasteiger partial charge on any atom is 0.168 e. The highest BCUT2D eigenvalue weighted by molar-refractivity contribution is 4.77.